The Labute approximate surface area is 140 Å². The first-order valence-electron chi connectivity index (χ1n) is 7.70. The molecule has 1 aromatic carbocycles. The van der Waals surface area contributed by atoms with Crippen molar-refractivity contribution in [2.45, 2.75) is 31.7 Å². The van der Waals surface area contributed by atoms with Crippen LogP contribution >= 0.6 is 11.8 Å². The highest BCUT2D eigenvalue weighted by Crippen LogP contribution is 2.32. The van der Waals surface area contributed by atoms with Crippen LogP contribution < -0.4 is 14.8 Å². The van der Waals surface area contributed by atoms with Gasteiger partial charge in [-0.2, -0.15) is 0 Å². The summed E-state index contributed by atoms with van der Waals surface area (Å²) in [5.74, 6) is 1.28. The van der Waals surface area contributed by atoms with Gasteiger partial charge in [0.15, 0.2) is 5.17 Å². The molecule has 0 unspecified atom stereocenters. The highest BCUT2D eigenvalue weighted by molar-refractivity contribution is 8.18. The molecular weight excluding hydrogens is 312 g/mol. The quantitative estimate of drug-likeness (QED) is 0.860. The summed E-state index contributed by atoms with van der Waals surface area (Å²) in [5.41, 5.74) is 0.841. The van der Waals surface area contributed by atoms with E-state index >= 15 is 0 Å². The van der Waals surface area contributed by atoms with E-state index in [1.54, 1.807) is 20.3 Å². The van der Waals surface area contributed by atoms with Crippen LogP contribution in [0.25, 0.3) is 6.08 Å². The summed E-state index contributed by atoms with van der Waals surface area (Å²) in [4.78, 5) is 17.4. The van der Waals surface area contributed by atoms with Gasteiger partial charge in [-0.05, 0) is 42.8 Å². The Morgan fingerprint density at radius 2 is 2.04 bits per heavy atom. The topological polar surface area (TPSA) is 59.9 Å². The summed E-state index contributed by atoms with van der Waals surface area (Å²) in [7, 11) is 3.21. The third-order valence-electron chi connectivity index (χ3n) is 4.00. The first kappa shape index (κ1) is 15.9. The Hall–Kier alpha value is -1.95. The Morgan fingerprint density at radius 1 is 1.26 bits per heavy atom. The number of hydrogen-bond acceptors (Lipinski definition) is 5. The maximum atomic E-state index is 12.1. The van der Waals surface area contributed by atoms with E-state index in [0.29, 0.717) is 21.9 Å². The summed E-state index contributed by atoms with van der Waals surface area (Å²) in [6.45, 7) is 0. The zero-order valence-electron chi connectivity index (χ0n) is 13.3. The average Bonchev–Trinajstić information content (AvgIpc) is 3.18. The number of rotatable bonds is 4. The molecule has 23 heavy (non-hydrogen) atoms. The number of benzene rings is 1. The zero-order chi connectivity index (χ0) is 16.2. The van der Waals surface area contributed by atoms with E-state index in [4.69, 9.17) is 9.47 Å². The van der Waals surface area contributed by atoms with E-state index in [1.807, 2.05) is 18.2 Å². The van der Waals surface area contributed by atoms with Crippen LogP contribution in [0, 0.1) is 0 Å². The Kier molecular flexibility index (Phi) is 4.91. The molecule has 122 valence electrons. The highest BCUT2D eigenvalue weighted by atomic mass is 32.2. The predicted octanol–water partition coefficient (Wildman–Crippen LogP) is 3.21. The number of methoxy groups -OCH3 is 2. The van der Waals surface area contributed by atoms with Crippen LogP contribution in [-0.2, 0) is 4.79 Å². The fourth-order valence-electron chi connectivity index (χ4n) is 2.77. The van der Waals surface area contributed by atoms with Crippen molar-refractivity contribution in [1.82, 2.24) is 5.32 Å². The van der Waals surface area contributed by atoms with Gasteiger partial charge in [-0.3, -0.25) is 9.79 Å². The number of nitrogens with zero attached hydrogens (tertiary/aromatic N) is 1. The summed E-state index contributed by atoms with van der Waals surface area (Å²) < 4.78 is 10.6. The average molecular weight is 332 g/mol. The molecule has 1 amide bonds. The summed E-state index contributed by atoms with van der Waals surface area (Å²) >= 11 is 1.39. The monoisotopic (exact) mass is 332 g/mol. The smallest absolute Gasteiger partial charge is 0.264 e. The maximum Gasteiger partial charge on any atom is 0.264 e. The number of amidine groups is 1. The van der Waals surface area contributed by atoms with Gasteiger partial charge >= 0.3 is 0 Å². The summed E-state index contributed by atoms with van der Waals surface area (Å²) in [5, 5.41) is 3.56. The Bertz CT molecular complexity index is 664. The molecule has 2 aliphatic rings. The third kappa shape index (κ3) is 3.69. The molecule has 1 heterocycles. The summed E-state index contributed by atoms with van der Waals surface area (Å²) in [6, 6.07) is 5.88. The Morgan fingerprint density at radius 3 is 2.74 bits per heavy atom. The molecule has 1 saturated heterocycles. The van der Waals surface area contributed by atoms with Crippen LogP contribution in [0.3, 0.4) is 0 Å². The van der Waals surface area contributed by atoms with E-state index in [1.165, 1.54) is 24.6 Å². The van der Waals surface area contributed by atoms with Crippen molar-refractivity contribution in [1.29, 1.82) is 0 Å². The summed E-state index contributed by atoms with van der Waals surface area (Å²) in [6.07, 6.45) is 6.52. The molecule has 0 aromatic heterocycles. The van der Waals surface area contributed by atoms with Gasteiger partial charge in [0, 0.05) is 11.6 Å². The molecule has 0 spiro atoms. The number of carbonyl (C=O) groups excluding carboxylic acids is 1. The SMILES string of the molecule is COc1ccc(/C=C2\SC(=NC3CCCC3)NC2=O)c(OC)c1. The largest absolute Gasteiger partial charge is 0.497 e. The lowest BCUT2D eigenvalue weighted by molar-refractivity contribution is -0.115. The zero-order valence-corrected chi connectivity index (χ0v) is 14.1. The number of thioether (sulfide) groups is 1. The van der Waals surface area contributed by atoms with Crippen LogP contribution in [-0.4, -0.2) is 31.3 Å². The number of ether oxygens (including phenoxy) is 2. The van der Waals surface area contributed by atoms with Gasteiger partial charge in [-0.15, -0.1) is 0 Å². The lowest BCUT2D eigenvalue weighted by atomic mass is 10.1. The maximum absolute atomic E-state index is 12.1. The number of nitrogens with one attached hydrogen (secondary N) is 1. The highest BCUT2D eigenvalue weighted by Gasteiger charge is 2.26. The second-order valence-corrected chi connectivity index (χ2v) is 6.58. The standard InChI is InChI=1S/C17H20N2O3S/c1-21-13-8-7-11(14(10-13)22-2)9-15-16(20)19-17(23-15)18-12-5-3-4-6-12/h7-10,12H,3-6H2,1-2H3,(H,18,19,20)/b15-9-. The first-order valence-corrected chi connectivity index (χ1v) is 8.52. The van der Waals surface area contributed by atoms with Gasteiger partial charge in [0.2, 0.25) is 0 Å². The minimum atomic E-state index is -0.107. The number of carbonyl (C=O) groups is 1. The molecule has 0 radical (unpaired) electrons. The second-order valence-electron chi connectivity index (χ2n) is 5.55. The molecule has 0 atom stereocenters. The van der Waals surface area contributed by atoms with Gasteiger partial charge < -0.3 is 14.8 Å². The molecule has 1 aliphatic heterocycles. The van der Waals surface area contributed by atoms with Crippen molar-refractivity contribution in [3.63, 3.8) is 0 Å². The number of amides is 1. The van der Waals surface area contributed by atoms with Crippen LogP contribution in [0.15, 0.2) is 28.1 Å². The lowest BCUT2D eigenvalue weighted by Crippen LogP contribution is -2.21. The fourth-order valence-corrected chi connectivity index (χ4v) is 3.65. The molecule has 6 heteroatoms. The third-order valence-corrected chi connectivity index (χ3v) is 4.93. The van der Waals surface area contributed by atoms with Crippen LogP contribution in [0.1, 0.15) is 31.2 Å². The van der Waals surface area contributed by atoms with E-state index in [9.17, 15) is 4.79 Å². The van der Waals surface area contributed by atoms with Crippen LogP contribution in [0.5, 0.6) is 11.5 Å². The van der Waals surface area contributed by atoms with Gasteiger partial charge in [0.25, 0.3) is 5.91 Å². The van der Waals surface area contributed by atoms with Gasteiger partial charge in [0.05, 0.1) is 25.2 Å². The predicted molar refractivity (Wildman–Crippen MR) is 92.9 cm³/mol. The molecule has 0 bridgehead atoms. The number of hydrogen-bond donors (Lipinski definition) is 1. The minimum Gasteiger partial charge on any atom is -0.497 e. The van der Waals surface area contributed by atoms with Gasteiger partial charge in [-0.25, -0.2) is 0 Å². The van der Waals surface area contributed by atoms with Crippen LogP contribution in [0.2, 0.25) is 0 Å². The minimum absolute atomic E-state index is 0.107. The molecule has 1 aromatic rings. The molecule has 3 rings (SSSR count). The molecule has 1 aliphatic carbocycles. The second kappa shape index (κ2) is 7.08. The molecule has 2 fully saturated rings. The first-order chi connectivity index (χ1) is 11.2. The van der Waals surface area contributed by atoms with Gasteiger partial charge in [-0.1, -0.05) is 12.8 Å². The van der Waals surface area contributed by atoms with E-state index < -0.39 is 0 Å². The van der Waals surface area contributed by atoms with Crippen molar-refractivity contribution in [3.8, 4) is 11.5 Å². The van der Waals surface area contributed by atoms with Crippen molar-refractivity contribution in [3.05, 3.63) is 28.7 Å². The van der Waals surface area contributed by atoms with E-state index in [2.05, 4.69) is 10.3 Å². The number of aliphatic imine (C=N–C) groups is 1. The van der Waals surface area contributed by atoms with Gasteiger partial charge in [0.1, 0.15) is 11.5 Å². The van der Waals surface area contributed by atoms with E-state index in [0.717, 1.165) is 24.2 Å². The van der Waals surface area contributed by atoms with Crippen LogP contribution in [0.4, 0.5) is 0 Å². The van der Waals surface area contributed by atoms with Crippen molar-refractivity contribution in [2.24, 2.45) is 4.99 Å². The Balaban J connectivity index is 1.81. The molecule has 1 N–H and O–H groups in total. The normalized spacial score (nSPS) is 21.9. The molecule has 5 nitrogen and oxygen atoms in total. The molecule has 1 saturated carbocycles. The molecular formula is C17H20N2O3S. The van der Waals surface area contributed by atoms with Crippen molar-refractivity contribution in [2.75, 3.05) is 14.2 Å². The van der Waals surface area contributed by atoms with Crippen molar-refractivity contribution < 1.29 is 14.3 Å². The fraction of sp³-hybridized carbons (Fsp3) is 0.412. The lowest BCUT2D eigenvalue weighted by Gasteiger charge is -2.07. The van der Waals surface area contributed by atoms with E-state index in [-0.39, 0.29) is 5.91 Å². The van der Waals surface area contributed by atoms with Crippen molar-refractivity contribution >= 4 is 28.9 Å².